The van der Waals surface area contributed by atoms with Crippen molar-refractivity contribution >= 4 is 32.7 Å². The third-order valence-corrected chi connectivity index (χ3v) is 8.33. The van der Waals surface area contributed by atoms with Gasteiger partial charge in [-0.05, 0) is 38.1 Å². The molecule has 0 bridgehead atoms. The molecule has 0 N–H and O–H groups in total. The number of piperazine rings is 2. The minimum Gasteiger partial charge on any atom is -0.336 e. The number of halogens is 3. The molecular formula is C24H32F3N5O4S. The van der Waals surface area contributed by atoms with Gasteiger partial charge in [0.2, 0.25) is 10.0 Å². The molecule has 0 aliphatic carbocycles. The monoisotopic (exact) mass is 543 g/mol. The van der Waals surface area contributed by atoms with E-state index in [0.29, 0.717) is 30.1 Å². The Bertz CT molecular complexity index is 1280. The minimum atomic E-state index is -4.57. The Morgan fingerprint density at radius 3 is 2.00 bits per heavy atom. The Morgan fingerprint density at radius 2 is 1.46 bits per heavy atom. The Hall–Kier alpha value is -2.64. The van der Waals surface area contributed by atoms with E-state index < -0.39 is 28.7 Å². The fourth-order valence-corrected chi connectivity index (χ4v) is 5.77. The first kappa shape index (κ1) is 27.4. The topological polar surface area (TPSA) is 86.2 Å². The van der Waals surface area contributed by atoms with Crippen LogP contribution in [0.25, 0.3) is 10.9 Å². The van der Waals surface area contributed by atoms with E-state index in [1.165, 1.54) is 33.5 Å². The number of carbonyl (C=O) groups is 2. The molecule has 13 heteroatoms. The largest absolute Gasteiger partial charge is 0.406 e. The fraction of sp³-hybridized carbons (Fsp3) is 0.583. The maximum Gasteiger partial charge on any atom is 0.406 e. The highest BCUT2D eigenvalue weighted by Crippen LogP contribution is 2.28. The van der Waals surface area contributed by atoms with Gasteiger partial charge in [0.05, 0.1) is 6.26 Å². The number of hydrogen-bond donors (Lipinski definition) is 0. The van der Waals surface area contributed by atoms with Gasteiger partial charge in [-0.2, -0.15) is 17.5 Å². The van der Waals surface area contributed by atoms with E-state index in [0.717, 1.165) is 23.9 Å². The molecule has 2 amide bonds. The van der Waals surface area contributed by atoms with Crippen molar-refractivity contribution in [3.63, 3.8) is 0 Å². The molecule has 2 aliphatic rings. The molecule has 9 nitrogen and oxygen atoms in total. The number of rotatable bonds is 5. The number of hydrogen-bond acceptors (Lipinski definition) is 5. The van der Waals surface area contributed by atoms with Gasteiger partial charge in [-0.25, -0.2) is 8.42 Å². The van der Waals surface area contributed by atoms with Crippen molar-refractivity contribution in [1.82, 2.24) is 23.6 Å². The van der Waals surface area contributed by atoms with E-state index in [4.69, 9.17) is 0 Å². The van der Waals surface area contributed by atoms with Crippen LogP contribution in [0.2, 0.25) is 0 Å². The molecule has 1 aromatic carbocycles. The Labute approximate surface area is 214 Å². The molecule has 2 saturated heterocycles. The summed E-state index contributed by atoms with van der Waals surface area (Å²) in [6, 6.07) is 6.27. The Morgan fingerprint density at radius 1 is 0.892 bits per heavy atom. The highest BCUT2D eigenvalue weighted by Gasteiger charge is 2.34. The maximum atomic E-state index is 13.5. The Kier molecular flexibility index (Phi) is 7.59. The lowest BCUT2D eigenvalue weighted by molar-refractivity contribution is -0.140. The molecule has 0 unspecified atom stereocenters. The van der Waals surface area contributed by atoms with E-state index in [-0.39, 0.29) is 43.3 Å². The summed E-state index contributed by atoms with van der Waals surface area (Å²) in [6.45, 7) is 5.77. The molecular weight excluding hydrogens is 511 g/mol. The molecule has 2 aromatic rings. The zero-order valence-corrected chi connectivity index (χ0v) is 22.0. The SMILES string of the molecule is CC(C)N1CCN(C(=O)c2ccc3c(c2)cc(C(=O)N2CCN(S(C)(=O)=O)CC2)n3CC(F)(F)F)CC1. The van der Waals surface area contributed by atoms with Crippen LogP contribution in [0, 0.1) is 0 Å². The summed E-state index contributed by atoms with van der Waals surface area (Å²) in [5.74, 6) is -0.801. The third-order valence-electron chi connectivity index (χ3n) is 7.03. The summed E-state index contributed by atoms with van der Waals surface area (Å²) in [6.07, 6.45) is -3.49. The number of alkyl halides is 3. The lowest BCUT2D eigenvalue weighted by Crippen LogP contribution is -2.50. The van der Waals surface area contributed by atoms with E-state index >= 15 is 0 Å². The third kappa shape index (κ3) is 6.10. The summed E-state index contributed by atoms with van der Waals surface area (Å²) < 4.78 is 66.1. The van der Waals surface area contributed by atoms with Gasteiger partial charge in [0, 0.05) is 74.9 Å². The van der Waals surface area contributed by atoms with E-state index in [2.05, 4.69) is 18.7 Å². The summed E-state index contributed by atoms with van der Waals surface area (Å²) >= 11 is 0. The average Bonchev–Trinajstić information content (AvgIpc) is 3.18. The second-order valence-electron chi connectivity index (χ2n) is 9.88. The van der Waals surface area contributed by atoms with Gasteiger partial charge in [-0.3, -0.25) is 14.5 Å². The highest BCUT2D eigenvalue weighted by molar-refractivity contribution is 7.88. The first-order valence-corrected chi connectivity index (χ1v) is 14.1. The van der Waals surface area contributed by atoms with Crippen LogP contribution in [0.3, 0.4) is 0 Å². The van der Waals surface area contributed by atoms with Crippen LogP contribution in [0.15, 0.2) is 24.3 Å². The summed E-state index contributed by atoms with van der Waals surface area (Å²) in [5.41, 5.74) is 0.419. The standard InChI is InChI=1S/C24H32F3N5O4S/c1-17(2)28-6-8-29(9-7-28)22(33)18-4-5-20-19(14-18)15-21(32(20)16-24(25,26)27)23(34)30-10-12-31(13-11-30)37(3,35)36/h4-5,14-15,17H,6-13,16H2,1-3H3. The van der Waals surface area contributed by atoms with Gasteiger partial charge in [-0.1, -0.05) is 0 Å². The molecule has 0 saturated carbocycles. The van der Waals surface area contributed by atoms with Crippen molar-refractivity contribution in [2.45, 2.75) is 32.6 Å². The van der Waals surface area contributed by atoms with Crippen molar-refractivity contribution in [3.8, 4) is 0 Å². The van der Waals surface area contributed by atoms with Crippen LogP contribution in [0.4, 0.5) is 13.2 Å². The van der Waals surface area contributed by atoms with Gasteiger partial charge >= 0.3 is 6.18 Å². The average molecular weight is 544 g/mol. The second kappa shape index (κ2) is 10.3. The second-order valence-corrected chi connectivity index (χ2v) is 11.9. The Balaban J connectivity index is 1.60. The van der Waals surface area contributed by atoms with Gasteiger partial charge in [0.15, 0.2) is 0 Å². The summed E-state index contributed by atoms with van der Waals surface area (Å²) in [5, 5.41) is 0.369. The smallest absolute Gasteiger partial charge is 0.336 e. The molecule has 2 fully saturated rings. The number of fused-ring (bicyclic) bond motifs is 1. The number of amides is 2. The minimum absolute atomic E-state index is 0.0749. The summed E-state index contributed by atoms with van der Waals surface area (Å²) in [7, 11) is -3.42. The van der Waals surface area contributed by atoms with Crippen LogP contribution in [0.1, 0.15) is 34.7 Å². The number of sulfonamides is 1. The molecule has 37 heavy (non-hydrogen) atoms. The van der Waals surface area contributed by atoms with Crippen LogP contribution in [-0.4, -0.2) is 115 Å². The van der Waals surface area contributed by atoms with Crippen molar-refractivity contribution < 1.29 is 31.2 Å². The molecule has 0 spiro atoms. The number of carbonyl (C=O) groups excluding carboxylic acids is 2. The van der Waals surface area contributed by atoms with Gasteiger partial charge < -0.3 is 14.4 Å². The van der Waals surface area contributed by atoms with Gasteiger partial charge in [0.25, 0.3) is 11.8 Å². The van der Waals surface area contributed by atoms with Crippen LogP contribution < -0.4 is 0 Å². The number of benzene rings is 1. The molecule has 2 aliphatic heterocycles. The molecule has 4 rings (SSSR count). The molecule has 0 radical (unpaired) electrons. The molecule has 0 atom stereocenters. The molecule has 3 heterocycles. The first-order valence-electron chi connectivity index (χ1n) is 12.2. The van der Waals surface area contributed by atoms with Gasteiger partial charge in [0.1, 0.15) is 12.2 Å². The normalized spacial score (nSPS) is 18.7. The molecule has 204 valence electrons. The maximum absolute atomic E-state index is 13.5. The number of aromatic nitrogens is 1. The lowest BCUT2D eigenvalue weighted by Gasteiger charge is -2.37. The zero-order valence-electron chi connectivity index (χ0n) is 21.2. The van der Waals surface area contributed by atoms with Crippen molar-refractivity contribution in [3.05, 3.63) is 35.5 Å². The summed E-state index contributed by atoms with van der Waals surface area (Å²) in [4.78, 5) is 31.8. The predicted octanol–water partition coefficient (Wildman–Crippen LogP) is 2.09. The van der Waals surface area contributed by atoms with E-state index in [1.54, 1.807) is 4.90 Å². The fourth-order valence-electron chi connectivity index (χ4n) is 4.94. The van der Waals surface area contributed by atoms with Crippen LogP contribution >= 0.6 is 0 Å². The number of nitrogens with zero attached hydrogens (tertiary/aromatic N) is 5. The van der Waals surface area contributed by atoms with Crippen molar-refractivity contribution in [2.75, 3.05) is 58.6 Å². The van der Waals surface area contributed by atoms with E-state index in [9.17, 15) is 31.2 Å². The van der Waals surface area contributed by atoms with Crippen molar-refractivity contribution in [1.29, 1.82) is 0 Å². The van der Waals surface area contributed by atoms with Crippen LogP contribution in [-0.2, 0) is 16.6 Å². The zero-order chi connectivity index (χ0) is 27.1. The van der Waals surface area contributed by atoms with Crippen LogP contribution in [0.5, 0.6) is 0 Å². The van der Waals surface area contributed by atoms with Gasteiger partial charge in [-0.15, -0.1) is 0 Å². The highest BCUT2D eigenvalue weighted by atomic mass is 32.2. The lowest BCUT2D eigenvalue weighted by atomic mass is 10.1. The van der Waals surface area contributed by atoms with E-state index in [1.807, 2.05) is 0 Å². The predicted molar refractivity (Wildman–Crippen MR) is 133 cm³/mol. The molecule has 1 aromatic heterocycles. The quantitative estimate of drug-likeness (QED) is 0.577. The first-order chi connectivity index (χ1) is 17.2. The van der Waals surface area contributed by atoms with Crippen molar-refractivity contribution in [2.24, 2.45) is 0 Å².